The number of nitrogens with one attached hydrogen (secondary N) is 2. The molecule has 0 unspecified atom stereocenters. The van der Waals surface area contributed by atoms with Gasteiger partial charge in [-0.2, -0.15) is 0 Å². The van der Waals surface area contributed by atoms with Crippen molar-refractivity contribution in [1.29, 1.82) is 0 Å². The van der Waals surface area contributed by atoms with Gasteiger partial charge in [0.1, 0.15) is 0 Å². The number of amides is 1. The van der Waals surface area contributed by atoms with Gasteiger partial charge in [-0.15, -0.1) is 11.3 Å². The summed E-state index contributed by atoms with van der Waals surface area (Å²) in [5.41, 5.74) is 2.22. The first-order valence-corrected chi connectivity index (χ1v) is 7.49. The topological polar surface area (TPSA) is 54.0 Å². The van der Waals surface area contributed by atoms with Gasteiger partial charge in [-0.25, -0.2) is 4.98 Å². The van der Waals surface area contributed by atoms with Crippen molar-refractivity contribution < 1.29 is 4.79 Å². The number of carbonyl (C=O) groups is 1. The normalized spacial score (nSPS) is 10.4. The molecule has 0 saturated heterocycles. The fraction of sp³-hybridized carbons (Fsp3) is 0.286. The maximum atomic E-state index is 12.3. The molecule has 0 aliphatic carbocycles. The number of hydrogen-bond donors (Lipinski definition) is 2. The molecule has 106 valence electrons. The van der Waals surface area contributed by atoms with Gasteiger partial charge in [0.05, 0.1) is 11.3 Å². The highest BCUT2D eigenvalue weighted by Crippen LogP contribution is 2.25. The first kappa shape index (κ1) is 14.8. The minimum atomic E-state index is -0.211. The van der Waals surface area contributed by atoms with Crippen LogP contribution in [0.2, 0.25) is 5.02 Å². The molecule has 4 nitrogen and oxygen atoms in total. The van der Waals surface area contributed by atoms with Gasteiger partial charge in [0, 0.05) is 22.1 Å². The van der Waals surface area contributed by atoms with Gasteiger partial charge in [0.15, 0.2) is 5.13 Å². The summed E-state index contributed by atoms with van der Waals surface area (Å²) in [6.07, 6.45) is 0. The molecule has 2 aromatic rings. The van der Waals surface area contributed by atoms with E-state index in [0.29, 0.717) is 15.7 Å². The zero-order valence-corrected chi connectivity index (χ0v) is 13.2. The SMILES string of the molecule is CCNc1ccc(Cl)cc1C(=O)Nc1nc(C)c(C)s1. The van der Waals surface area contributed by atoms with Crippen LogP contribution in [0.1, 0.15) is 27.9 Å². The number of carbonyl (C=O) groups excluding carboxylic acids is 1. The molecular formula is C14H16ClN3OS. The lowest BCUT2D eigenvalue weighted by Gasteiger charge is -2.10. The van der Waals surface area contributed by atoms with Gasteiger partial charge in [0.25, 0.3) is 5.91 Å². The number of aryl methyl sites for hydroxylation is 2. The molecule has 2 rings (SSSR count). The van der Waals surface area contributed by atoms with E-state index in [0.717, 1.165) is 22.8 Å². The maximum Gasteiger partial charge on any atom is 0.259 e. The summed E-state index contributed by atoms with van der Waals surface area (Å²) in [7, 11) is 0. The minimum Gasteiger partial charge on any atom is -0.385 e. The number of nitrogens with zero attached hydrogens (tertiary/aromatic N) is 1. The molecule has 6 heteroatoms. The van der Waals surface area contributed by atoms with E-state index in [9.17, 15) is 4.79 Å². The Morgan fingerprint density at radius 2 is 2.15 bits per heavy atom. The molecular weight excluding hydrogens is 294 g/mol. The first-order valence-electron chi connectivity index (χ1n) is 6.30. The monoisotopic (exact) mass is 309 g/mol. The molecule has 1 amide bonds. The summed E-state index contributed by atoms with van der Waals surface area (Å²) < 4.78 is 0. The Morgan fingerprint density at radius 3 is 2.75 bits per heavy atom. The molecule has 0 saturated carbocycles. The van der Waals surface area contributed by atoms with E-state index < -0.39 is 0 Å². The molecule has 0 bridgehead atoms. The largest absolute Gasteiger partial charge is 0.385 e. The number of anilines is 2. The summed E-state index contributed by atoms with van der Waals surface area (Å²) >= 11 is 7.44. The Morgan fingerprint density at radius 1 is 1.40 bits per heavy atom. The predicted octanol–water partition coefficient (Wildman–Crippen LogP) is 4.10. The number of rotatable bonds is 4. The molecule has 0 fully saturated rings. The summed E-state index contributed by atoms with van der Waals surface area (Å²) in [6, 6.07) is 5.22. The molecule has 1 heterocycles. The zero-order valence-electron chi connectivity index (χ0n) is 11.6. The molecule has 20 heavy (non-hydrogen) atoms. The van der Waals surface area contributed by atoms with E-state index >= 15 is 0 Å². The van der Waals surface area contributed by atoms with Crippen LogP contribution in [0.5, 0.6) is 0 Å². The Bertz CT molecular complexity index is 620. The highest BCUT2D eigenvalue weighted by molar-refractivity contribution is 7.15. The fourth-order valence-electron chi connectivity index (χ4n) is 1.74. The quantitative estimate of drug-likeness (QED) is 0.894. The lowest BCUT2D eigenvalue weighted by molar-refractivity contribution is 0.102. The third-order valence-corrected chi connectivity index (χ3v) is 4.07. The lowest BCUT2D eigenvalue weighted by Crippen LogP contribution is -2.14. The first-order chi connectivity index (χ1) is 9.51. The Balaban J connectivity index is 2.26. The second kappa shape index (κ2) is 6.24. The van der Waals surface area contributed by atoms with E-state index in [-0.39, 0.29) is 5.91 Å². The van der Waals surface area contributed by atoms with E-state index in [1.165, 1.54) is 11.3 Å². The van der Waals surface area contributed by atoms with Crippen LogP contribution in [-0.2, 0) is 0 Å². The Labute approximate surface area is 127 Å². The van der Waals surface area contributed by atoms with Crippen molar-refractivity contribution in [3.63, 3.8) is 0 Å². The van der Waals surface area contributed by atoms with Crippen LogP contribution in [0.25, 0.3) is 0 Å². The standard InChI is InChI=1S/C14H16ClN3OS/c1-4-16-12-6-5-10(15)7-11(12)13(19)18-14-17-8(2)9(3)20-14/h5-7,16H,4H2,1-3H3,(H,17,18,19). The van der Waals surface area contributed by atoms with Crippen LogP contribution >= 0.6 is 22.9 Å². The number of halogens is 1. The maximum absolute atomic E-state index is 12.3. The van der Waals surface area contributed by atoms with Crippen molar-refractivity contribution in [2.75, 3.05) is 17.2 Å². The van der Waals surface area contributed by atoms with Crippen molar-refractivity contribution in [3.8, 4) is 0 Å². The average molecular weight is 310 g/mol. The van der Waals surface area contributed by atoms with E-state index in [1.54, 1.807) is 18.2 Å². The molecule has 0 aliphatic heterocycles. The highest BCUT2D eigenvalue weighted by Gasteiger charge is 2.14. The fourth-order valence-corrected chi connectivity index (χ4v) is 2.72. The van der Waals surface area contributed by atoms with Crippen LogP contribution in [-0.4, -0.2) is 17.4 Å². The van der Waals surface area contributed by atoms with E-state index in [4.69, 9.17) is 11.6 Å². The lowest BCUT2D eigenvalue weighted by atomic mass is 10.1. The van der Waals surface area contributed by atoms with Gasteiger partial charge >= 0.3 is 0 Å². The van der Waals surface area contributed by atoms with Gasteiger partial charge in [0.2, 0.25) is 0 Å². The van der Waals surface area contributed by atoms with Gasteiger partial charge < -0.3 is 5.32 Å². The highest BCUT2D eigenvalue weighted by atomic mass is 35.5. The average Bonchev–Trinajstić information content (AvgIpc) is 2.70. The minimum absolute atomic E-state index is 0.211. The zero-order chi connectivity index (χ0) is 14.7. The summed E-state index contributed by atoms with van der Waals surface area (Å²) in [4.78, 5) is 17.7. The summed E-state index contributed by atoms with van der Waals surface area (Å²) in [5, 5.41) is 7.10. The molecule has 0 atom stereocenters. The van der Waals surface area contributed by atoms with Gasteiger partial charge in [-0.1, -0.05) is 11.6 Å². The third-order valence-electron chi connectivity index (χ3n) is 2.84. The number of aromatic nitrogens is 1. The van der Waals surface area contributed by atoms with Gasteiger partial charge in [-0.3, -0.25) is 10.1 Å². The van der Waals surface area contributed by atoms with Crippen molar-refractivity contribution in [3.05, 3.63) is 39.4 Å². The molecule has 0 aliphatic rings. The molecule has 1 aromatic heterocycles. The van der Waals surface area contributed by atoms with Crippen molar-refractivity contribution in [2.24, 2.45) is 0 Å². The van der Waals surface area contributed by atoms with E-state index in [1.807, 2.05) is 20.8 Å². The second-order valence-corrected chi connectivity index (χ2v) is 5.97. The van der Waals surface area contributed by atoms with Gasteiger partial charge in [-0.05, 0) is 39.0 Å². The van der Waals surface area contributed by atoms with Crippen molar-refractivity contribution in [2.45, 2.75) is 20.8 Å². The van der Waals surface area contributed by atoms with Crippen LogP contribution in [0.4, 0.5) is 10.8 Å². The smallest absolute Gasteiger partial charge is 0.259 e. The molecule has 0 spiro atoms. The Hall–Kier alpha value is -1.59. The van der Waals surface area contributed by atoms with Crippen LogP contribution in [0.15, 0.2) is 18.2 Å². The number of hydrogen-bond acceptors (Lipinski definition) is 4. The summed E-state index contributed by atoms with van der Waals surface area (Å²) in [5.74, 6) is -0.211. The molecule has 1 aromatic carbocycles. The predicted molar refractivity (Wildman–Crippen MR) is 85.2 cm³/mol. The molecule has 0 radical (unpaired) electrons. The van der Waals surface area contributed by atoms with Crippen LogP contribution in [0, 0.1) is 13.8 Å². The van der Waals surface area contributed by atoms with Crippen LogP contribution in [0.3, 0.4) is 0 Å². The summed E-state index contributed by atoms with van der Waals surface area (Å²) in [6.45, 7) is 6.61. The van der Waals surface area contributed by atoms with E-state index in [2.05, 4.69) is 15.6 Å². The Kier molecular flexibility index (Phi) is 4.62. The third kappa shape index (κ3) is 3.29. The molecule has 2 N–H and O–H groups in total. The van der Waals surface area contributed by atoms with Crippen molar-refractivity contribution in [1.82, 2.24) is 4.98 Å². The number of benzene rings is 1. The van der Waals surface area contributed by atoms with Crippen LogP contribution < -0.4 is 10.6 Å². The number of thiazole rings is 1. The van der Waals surface area contributed by atoms with Crippen molar-refractivity contribution >= 4 is 39.7 Å². The second-order valence-electron chi connectivity index (χ2n) is 4.33.